The maximum atomic E-state index is 12.8. The first-order chi connectivity index (χ1) is 11.1. The quantitative estimate of drug-likeness (QED) is 0.652. The minimum absolute atomic E-state index is 0.0143. The van der Waals surface area contributed by atoms with Crippen molar-refractivity contribution in [3.8, 4) is 0 Å². The van der Waals surface area contributed by atoms with Crippen LogP contribution in [0.3, 0.4) is 0 Å². The lowest BCUT2D eigenvalue weighted by Crippen LogP contribution is -2.48. The second-order valence-electron chi connectivity index (χ2n) is 7.52. The normalized spacial score (nSPS) is 30.2. The Morgan fingerprint density at radius 3 is 2.25 bits per heavy atom. The second-order valence-corrected chi connectivity index (χ2v) is 7.52. The summed E-state index contributed by atoms with van der Waals surface area (Å²) in [6.07, 6.45) is 1.68. The van der Waals surface area contributed by atoms with Crippen LogP contribution in [-0.4, -0.2) is 16.6 Å². The van der Waals surface area contributed by atoms with Crippen LogP contribution in [0.5, 0.6) is 0 Å². The zero-order chi connectivity index (χ0) is 17.8. The van der Waals surface area contributed by atoms with Crippen LogP contribution in [0.1, 0.15) is 40.0 Å². The second kappa shape index (κ2) is 5.03. The summed E-state index contributed by atoms with van der Waals surface area (Å²) in [5.74, 6) is -0.0373. The number of Topliss-reactive ketones (excluding diaryl/α,β-unsaturated/α-hetero) is 1. The number of hydrogen-bond donors (Lipinski definition) is 2. The molecule has 2 atom stereocenters. The fourth-order valence-electron chi connectivity index (χ4n) is 4.28. The molecular weight excluding hydrogens is 310 g/mol. The van der Waals surface area contributed by atoms with Crippen LogP contribution in [0, 0.1) is 26.4 Å². The third-order valence-corrected chi connectivity index (χ3v) is 6.54. The summed E-state index contributed by atoms with van der Waals surface area (Å²) in [4.78, 5) is 35.4. The van der Waals surface area contributed by atoms with E-state index in [1.54, 1.807) is 0 Å². The van der Waals surface area contributed by atoms with Gasteiger partial charge in [-0.3, -0.25) is 30.6 Å². The number of ketones is 1. The van der Waals surface area contributed by atoms with E-state index < -0.39 is 21.2 Å². The molecule has 2 bridgehead atoms. The first kappa shape index (κ1) is 16.4. The van der Waals surface area contributed by atoms with Gasteiger partial charge in [0, 0.05) is 24.0 Å². The molecular formula is C17H21N3O4. The van der Waals surface area contributed by atoms with Crippen molar-refractivity contribution in [1.29, 1.82) is 0 Å². The number of anilines is 1. The lowest BCUT2D eigenvalue weighted by atomic mass is 9.64. The molecule has 24 heavy (non-hydrogen) atoms. The number of hydrogen-bond acceptors (Lipinski definition) is 5. The molecule has 0 spiro atoms. The lowest BCUT2D eigenvalue weighted by Gasteiger charge is -2.38. The smallest absolute Gasteiger partial charge is 0.269 e. The van der Waals surface area contributed by atoms with Gasteiger partial charge in [0.05, 0.1) is 16.0 Å². The molecule has 2 aliphatic carbocycles. The van der Waals surface area contributed by atoms with Gasteiger partial charge in [0.15, 0.2) is 0 Å². The Labute approximate surface area is 139 Å². The number of rotatable bonds is 4. The van der Waals surface area contributed by atoms with Gasteiger partial charge in [-0.1, -0.05) is 20.8 Å². The minimum Gasteiger partial charge on any atom is -0.299 e. The van der Waals surface area contributed by atoms with Crippen molar-refractivity contribution >= 4 is 23.1 Å². The van der Waals surface area contributed by atoms with Gasteiger partial charge in [-0.25, -0.2) is 0 Å². The van der Waals surface area contributed by atoms with E-state index in [2.05, 4.69) is 10.9 Å². The third kappa shape index (κ3) is 1.96. The molecule has 1 amide bonds. The van der Waals surface area contributed by atoms with Crippen LogP contribution in [0.2, 0.25) is 0 Å². The average molecular weight is 331 g/mol. The molecule has 0 aromatic heterocycles. The highest BCUT2D eigenvalue weighted by atomic mass is 16.6. The molecule has 2 saturated carbocycles. The van der Waals surface area contributed by atoms with Gasteiger partial charge in [0.25, 0.3) is 5.69 Å². The molecule has 7 heteroatoms. The molecule has 0 aliphatic heterocycles. The van der Waals surface area contributed by atoms with E-state index in [0.29, 0.717) is 12.1 Å². The number of carbonyl (C=O) groups is 2. The van der Waals surface area contributed by atoms with Gasteiger partial charge < -0.3 is 0 Å². The number of nitro groups is 1. The van der Waals surface area contributed by atoms with Crippen LogP contribution in [0.25, 0.3) is 0 Å². The van der Waals surface area contributed by atoms with E-state index in [1.165, 1.54) is 24.3 Å². The molecule has 0 unspecified atom stereocenters. The van der Waals surface area contributed by atoms with Crippen LogP contribution in [-0.2, 0) is 9.59 Å². The van der Waals surface area contributed by atoms with Gasteiger partial charge in [0.1, 0.15) is 5.78 Å². The molecule has 128 valence electrons. The van der Waals surface area contributed by atoms with E-state index in [1.807, 2.05) is 20.8 Å². The summed E-state index contributed by atoms with van der Waals surface area (Å²) in [6, 6.07) is 5.78. The Hall–Kier alpha value is -2.44. The first-order valence-corrected chi connectivity index (χ1v) is 7.98. The van der Waals surface area contributed by atoms with Crippen LogP contribution >= 0.6 is 0 Å². The standard InChI is InChI=1S/C17H21N3O4/c1-15(2)16(3)8-9-17(15,10-13(16)21)14(22)19-18-11-4-6-12(7-5-11)20(23)24/h4-7,18H,8-10H2,1-3H3,(H,19,22)/t16-,17+/m0/s1. The highest BCUT2D eigenvalue weighted by molar-refractivity contribution is 5.99. The van der Waals surface area contributed by atoms with E-state index >= 15 is 0 Å². The summed E-state index contributed by atoms with van der Waals surface area (Å²) >= 11 is 0. The van der Waals surface area contributed by atoms with Gasteiger partial charge >= 0.3 is 0 Å². The number of amides is 1. The summed E-state index contributed by atoms with van der Waals surface area (Å²) in [5.41, 5.74) is 4.47. The van der Waals surface area contributed by atoms with Gasteiger partial charge in [-0.2, -0.15) is 0 Å². The predicted molar refractivity (Wildman–Crippen MR) is 88.0 cm³/mol. The third-order valence-electron chi connectivity index (χ3n) is 6.54. The zero-order valence-electron chi connectivity index (χ0n) is 14.0. The fraction of sp³-hybridized carbons (Fsp3) is 0.529. The molecule has 0 radical (unpaired) electrons. The topological polar surface area (TPSA) is 101 Å². The molecule has 0 heterocycles. The number of nitro benzene ring substituents is 1. The highest BCUT2D eigenvalue weighted by Gasteiger charge is 2.72. The number of nitrogens with one attached hydrogen (secondary N) is 2. The molecule has 2 N–H and O–H groups in total. The molecule has 3 rings (SSSR count). The molecule has 1 aromatic carbocycles. The first-order valence-electron chi connectivity index (χ1n) is 7.98. The zero-order valence-corrected chi connectivity index (χ0v) is 14.0. The molecule has 1 aromatic rings. The molecule has 0 saturated heterocycles. The van der Waals surface area contributed by atoms with E-state index in [0.717, 1.165) is 6.42 Å². The number of hydrazine groups is 1. The Morgan fingerprint density at radius 2 is 1.79 bits per heavy atom. The summed E-state index contributed by atoms with van der Waals surface area (Å²) in [7, 11) is 0. The summed E-state index contributed by atoms with van der Waals surface area (Å²) in [6.45, 7) is 5.95. The maximum absolute atomic E-state index is 12.8. The number of non-ortho nitro benzene ring substituents is 1. The fourth-order valence-corrected chi connectivity index (χ4v) is 4.28. The van der Waals surface area contributed by atoms with Crippen LogP contribution in [0.15, 0.2) is 24.3 Å². The summed E-state index contributed by atoms with van der Waals surface area (Å²) < 4.78 is 0. The SMILES string of the molecule is CC1(C)[C@]2(C(=O)NNc3ccc([N+](=O)[O-])cc3)CC[C@@]1(C)C(=O)C2. The number of fused-ring (bicyclic) bond motifs is 2. The Balaban J connectivity index is 1.74. The molecule has 2 aliphatic rings. The van der Waals surface area contributed by atoms with Crippen LogP contribution < -0.4 is 10.9 Å². The van der Waals surface area contributed by atoms with E-state index in [4.69, 9.17) is 0 Å². The van der Waals surface area contributed by atoms with E-state index in [-0.39, 0.29) is 23.8 Å². The minimum atomic E-state index is -0.702. The van der Waals surface area contributed by atoms with Crippen molar-refractivity contribution in [2.45, 2.75) is 40.0 Å². The Kier molecular flexibility index (Phi) is 3.44. The number of benzene rings is 1. The van der Waals surface area contributed by atoms with Gasteiger partial charge in [-0.15, -0.1) is 0 Å². The van der Waals surface area contributed by atoms with Crippen molar-refractivity contribution in [2.75, 3.05) is 5.43 Å². The van der Waals surface area contributed by atoms with Crippen molar-refractivity contribution in [2.24, 2.45) is 16.2 Å². The van der Waals surface area contributed by atoms with Gasteiger partial charge in [-0.05, 0) is 30.4 Å². The number of carbonyl (C=O) groups excluding carboxylic acids is 2. The van der Waals surface area contributed by atoms with Crippen LogP contribution in [0.4, 0.5) is 11.4 Å². The Bertz CT molecular complexity index is 728. The highest BCUT2D eigenvalue weighted by Crippen LogP contribution is 2.70. The average Bonchev–Trinajstić information content (AvgIpc) is 2.83. The largest absolute Gasteiger partial charge is 0.299 e. The van der Waals surface area contributed by atoms with Gasteiger partial charge in [0.2, 0.25) is 5.91 Å². The van der Waals surface area contributed by atoms with Crippen molar-refractivity contribution < 1.29 is 14.5 Å². The number of nitrogens with zero attached hydrogens (tertiary/aromatic N) is 1. The predicted octanol–water partition coefficient (Wildman–Crippen LogP) is 2.82. The Morgan fingerprint density at radius 1 is 1.17 bits per heavy atom. The summed E-state index contributed by atoms with van der Waals surface area (Å²) in [5, 5.41) is 10.7. The van der Waals surface area contributed by atoms with E-state index in [9.17, 15) is 19.7 Å². The molecule has 2 fully saturated rings. The van der Waals surface area contributed by atoms with Crippen molar-refractivity contribution in [1.82, 2.24) is 5.43 Å². The monoisotopic (exact) mass is 331 g/mol. The lowest BCUT2D eigenvalue weighted by molar-refractivity contribution is -0.384. The molecule has 7 nitrogen and oxygen atoms in total. The maximum Gasteiger partial charge on any atom is 0.269 e. The van der Waals surface area contributed by atoms with Crippen molar-refractivity contribution in [3.05, 3.63) is 34.4 Å². The van der Waals surface area contributed by atoms with Crippen molar-refractivity contribution in [3.63, 3.8) is 0 Å².